The number of fused-ring (bicyclic) bond motifs is 3. The van der Waals surface area contributed by atoms with Crippen LogP contribution in [0, 0.1) is 11.3 Å². The van der Waals surface area contributed by atoms with Gasteiger partial charge >= 0.3 is 0 Å². The monoisotopic (exact) mass is 579 g/mol. The number of piperazine rings is 1. The zero-order valence-corrected chi connectivity index (χ0v) is 24.1. The summed E-state index contributed by atoms with van der Waals surface area (Å²) < 4.78 is 28.1. The van der Waals surface area contributed by atoms with Crippen LogP contribution in [-0.4, -0.2) is 74.1 Å². The first-order chi connectivity index (χ1) is 20.3. The smallest absolute Gasteiger partial charge is 0.175 e. The summed E-state index contributed by atoms with van der Waals surface area (Å²) in [5.74, 6) is 0.884. The zero-order chi connectivity index (χ0) is 29.0. The first-order valence-corrected chi connectivity index (χ1v) is 15.8. The number of sulfone groups is 1. The maximum absolute atomic E-state index is 12.3. The third-order valence-electron chi connectivity index (χ3n) is 8.28. The summed E-state index contributed by atoms with van der Waals surface area (Å²) in [5.41, 5.74) is 4.96. The van der Waals surface area contributed by atoms with Gasteiger partial charge in [-0.25, -0.2) is 22.9 Å². The van der Waals surface area contributed by atoms with Gasteiger partial charge in [0.1, 0.15) is 23.0 Å². The van der Waals surface area contributed by atoms with Crippen molar-refractivity contribution in [3.63, 3.8) is 0 Å². The molecule has 11 nitrogen and oxygen atoms in total. The van der Waals surface area contributed by atoms with Gasteiger partial charge in [0.05, 0.1) is 34.9 Å². The molecule has 0 saturated carbocycles. The summed E-state index contributed by atoms with van der Waals surface area (Å²) in [5, 5.41) is 18.5. The molecule has 8 rings (SSSR count). The van der Waals surface area contributed by atoms with Crippen molar-refractivity contribution in [2.75, 3.05) is 24.2 Å². The molecule has 12 heteroatoms. The second-order valence-corrected chi connectivity index (χ2v) is 12.9. The Balaban J connectivity index is 1.13. The molecule has 0 N–H and O–H groups in total. The summed E-state index contributed by atoms with van der Waals surface area (Å²) in [7, 11) is -3.28. The van der Waals surface area contributed by atoms with Gasteiger partial charge in [-0.1, -0.05) is 18.2 Å². The lowest BCUT2D eigenvalue weighted by Crippen LogP contribution is -2.68. The predicted octanol–water partition coefficient (Wildman–Crippen LogP) is 3.41. The number of aryl methyl sites for hydroxylation is 1. The highest BCUT2D eigenvalue weighted by atomic mass is 32.2. The lowest BCUT2D eigenvalue weighted by atomic mass is 9.86. The summed E-state index contributed by atoms with van der Waals surface area (Å²) in [6.07, 6.45) is 11.3. The van der Waals surface area contributed by atoms with E-state index in [9.17, 15) is 13.7 Å². The highest BCUT2D eigenvalue weighted by molar-refractivity contribution is 7.90. The Morgan fingerprint density at radius 2 is 1.81 bits per heavy atom. The Morgan fingerprint density at radius 1 is 1.00 bits per heavy atom. The molecule has 2 atom stereocenters. The normalized spacial score (nSPS) is 18.6. The molecule has 4 aromatic heterocycles. The lowest BCUT2D eigenvalue weighted by Gasteiger charge is -2.56. The minimum Gasteiger partial charge on any atom is -0.353 e. The molecule has 3 saturated heterocycles. The first kappa shape index (κ1) is 26.3. The first-order valence-electron chi connectivity index (χ1n) is 13.9. The molecule has 0 aliphatic carbocycles. The third kappa shape index (κ3) is 4.51. The molecule has 2 bridgehead atoms. The lowest BCUT2D eigenvalue weighted by molar-refractivity contribution is -0.00931. The van der Waals surface area contributed by atoms with Gasteiger partial charge in [-0.2, -0.15) is 15.5 Å². The van der Waals surface area contributed by atoms with E-state index in [1.165, 1.54) is 6.26 Å². The predicted molar refractivity (Wildman–Crippen MR) is 157 cm³/mol. The van der Waals surface area contributed by atoms with Crippen molar-refractivity contribution in [1.29, 1.82) is 5.26 Å². The van der Waals surface area contributed by atoms with Crippen molar-refractivity contribution in [1.82, 2.24) is 34.3 Å². The SMILES string of the molecule is CCn1cc(-c2cn3ncc(C#N)c3c(-c3ccc(N4CC5CC(C4)N5Cc4ccccc4S(C)(=O)=O)nc3)n2)cn1. The van der Waals surface area contributed by atoms with Crippen LogP contribution in [0.3, 0.4) is 0 Å². The van der Waals surface area contributed by atoms with E-state index in [1.54, 1.807) is 29.0 Å². The van der Waals surface area contributed by atoms with Crippen LogP contribution in [0.4, 0.5) is 5.82 Å². The van der Waals surface area contributed by atoms with E-state index >= 15 is 0 Å². The number of nitriles is 1. The maximum Gasteiger partial charge on any atom is 0.175 e. The van der Waals surface area contributed by atoms with Crippen molar-refractivity contribution < 1.29 is 8.42 Å². The van der Waals surface area contributed by atoms with E-state index in [-0.39, 0.29) is 0 Å². The third-order valence-corrected chi connectivity index (χ3v) is 9.48. The molecule has 0 spiro atoms. The van der Waals surface area contributed by atoms with E-state index in [0.29, 0.717) is 46.0 Å². The fraction of sp³-hybridized carbons (Fsp3) is 0.300. The van der Waals surface area contributed by atoms with Gasteiger partial charge in [0, 0.05) is 68.0 Å². The molecule has 0 radical (unpaired) electrons. The number of benzene rings is 1. The Labute approximate surface area is 243 Å². The molecule has 0 amide bonds. The van der Waals surface area contributed by atoms with E-state index in [0.717, 1.165) is 48.6 Å². The molecule has 2 unspecified atom stereocenters. The number of hydrogen-bond donors (Lipinski definition) is 0. The van der Waals surface area contributed by atoms with E-state index in [4.69, 9.17) is 9.97 Å². The Hall–Kier alpha value is -4.60. The second kappa shape index (κ2) is 10.0. The van der Waals surface area contributed by atoms with Crippen LogP contribution >= 0.6 is 0 Å². The van der Waals surface area contributed by atoms with Crippen molar-refractivity contribution in [2.24, 2.45) is 0 Å². The van der Waals surface area contributed by atoms with E-state index < -0.39 is 9.84 Å². The molecule has 3 fully saturated rings. The Morgan fingerprint density at radius 3 is 2.50 bits per heavy atom. The minimum atomic E-state index is -3.28. The molecule has 5 aromatic rings. The molecule has 3 aliphatic rings. The largest absolute Gasteiger partial charge is 0.353 e. The van der Waals surface area contributed by atoms with Crippen LogP contribution in [-0.2, 0) is 22.9 Å². The van der Waals surface area contributed by atoms with Gasteiger partial charge in [0.2, 0.25) is 0 Å². The van der Waals surface area contributed by atoms with Gasteiger partial charge in [-0.3, -0.25) is 9.58 Å². The minimum absolute atomic E-state index is 0.338. The fourth-order valence-electron chi connectivity index (χ4n) is 6.14. The van der Waals surface area contributed by atoms with Gasteiger partial charge in [0.25, 0.3) is 0 Å². The van der Waals surface area contributed by atoms with Gasteiger partial charge in [-0.15, -0.1) is 0 Å². The van der Waals surface area contributed by atoms with Crippen LogP contribution in [0.1, 0.15) is 24.5 Å². The number of rotatable bonds is 7. The second-order valence-electron chi connectivity index (χ2n) is 10.9. The summed E-state index contributed by atoms with van der Waals surface area (Å²) in [6.45, 7) is 5.06. The average molecular weight is 580 g/mol. The van der Waals surface area contributed by atoms with Crippen molar-refractivity contribution in [3.05, 3.63) is 78.5 Å². The number of piperidine rings is 1. The Kier molecular flexibility index (Phi) is 6.29. The van der Waals surface area contributed by atoms with Crippen LogP contribution in [0.25, 0.3) is 28.0 Å². The maximum atomic E-state index is 12.3. The van der Waals surface area contributed by atoms with Crippen molar-refractivity contribution in [3.8, 4) is 28.6 Å². The average Bonchev–Trinajstić information content (AvgIpc) is 3.66. The summed E-state index contributed by atoms with van der Waals surface area (Å²) >= 11 is 0. The van der Waals surface area contributed by atoms with Gasteiger partial charge in [0.15, 0.2) is 9.84 Å². The molecule has 42 heavy (non-hydrogen) atoms. The summed E-state index contributed by atoms with van der Waals surface area (Å²) in [4.78, 5) is 14.9. The number of hydrogen-bond acceptors (Lipinski definition) is 9. The van der Waals surface area contributed by atoms with Crippen LogP contribution in [0.2, 0.25) is 0 Å². The molecule has 212 valence electrons. The summed E-state index contributed by atoms with van der Waals surface area (Å²) in [6, 6.07) is 14.2. The standard InChI is InChI=1S/C30H29N9O2S/c1-3-37-15-23(14-33-37)26-19-39-30(22(11-31)13-34-39)29(35-26)20-8-9-28(32-12-20)36-17-24-10-25(18-36)38(24)16-21-6-4-5-7-27(21)42(2,40)41/h4-9,12-15,19,24-25H,3,10,16-18H2,1-2H3. The quantitative estimate of drug-likeness (QED) is 0.285. The number of nitrogens with zero attached hydrogens (tertiary/aromatic N) is 9. The van der Waals surface area contributed by atoms with Gasteiger partial charge < -0.3 is 4.90 Å². The fourth-order valence-corrected chi connectivity index (χ4v) is 7.08. The Bertz CT molecular complexity index is 1940. The van der Waals surface area contributed by atoms with Crippen molar-refractivity contribution >= 4 is 21.2 Å². The molecular formula is C30H29N9O2S. The van der Waals surface area contributed by atoms with Crippen LogP contribution < -0.4 is 4.90 Å². The zero-order valence-electron chi connectivity index (χ0n) is 23.3. The number of anilines is 1. The topological polar surface area (TPSA) is 125 Å². The highest BCUT2D eigenvalue weighted by Gasteiger charge is 2.45. The van der Waals surface area contributed by atoms with Crippen LogP contribution in [0.5, 0.6) is 0 Å². The highest BCUT2D eigenvalue weighted by Crippen LogP contribution is 2.37. The van der Waals surface area contributed by atoms with Crippen molar-refractivity contribution in [2.45, 2.75) is 43.4 Å². The molecule has 7 heterocycles. The number of aromatic nitrogens is 6. The van der Waals surface area contributed by atoms with E-state index in [2.05, 4.69) is 26.1 Å². The van der Waals surface area contributed by atoms with Crippen LogP contribution in [0.15, 0.2) is 72.3 Å². The molecule has 3 aliphatic heterocycles. The molecular weight excluding hydrogens is 550 g/mol. The molecule has 1 aromatic carbocycles. The van der Waals surface area contributed by atoms with E-state index in [1.807, 2.05) is 54.5 Å². The van der Waals surface area contributed by atoms with Gasteiger partial charge in [-0.05, 0) is 37.1 Å². The number of pyridine rings is 1.